The largest absolute Gasteiger partial charge is 0.497 e. The monoisotopic (exact) mass is 590 g/mol. The van der Waals surface area contributed by atoms with Crippen molar-refractivity contribution >= 4 is 15.7 Å². The molecule has 0 bridgehead atoms. The van der Waals surface area contributed by atoms with Gasteiger partial charge in [-0.05, 0) is 62.0 Å². The fourth-order valence-corrected chi connectivity index (χ4v) is 5.13. The molecule has 4 rings (SSSR count). The van der Waals surface area contributed by atoms with Gasteiger partial charge in [0.25, 0.3) is 10.0 Å². The molecule has 0 radical (unpaired) electrons. The van der Waals surface area contributed by atoms with Crippen LogP contribution in [0.25, 0.3) is 0 Å². The normalized spacial score (nSPS) is 16.6. The lowest BCUT2D eigenvalue weighted by Gasteiger charge is -2.20. The summed E-state index contributed by atoms with van der Waals surface area (Å²) in [6.07, 6.45) is -9.69. The summed E-state index contributed by atoms with van der Waals surface area (Å²) in [5.41, 5.74) is -2.59. The van der Waals surface area contributed by atoms with E-state index in [4.69, 9.17) is 14.2 Å². The van der Waals surface area contributed by atoms with E-state index >= 15 is 0 Å². The van der Waals surface area contributed by atoms with Crippen LogP contribution >= 0.6 is 0 Å². The van der Waals surface area contributed by atoms with E-state index in [1.54, 1.807) is 7.05 Å². The summed E-state index contributed by atoms with van der Waals surface area (Å²) < 4.78 is 126. The first-order chi connectivity index (χ1) is 18.7. The molecule has 216 valence electrons. The second-order valence-corrected chi connectivity index (χ2v) is 10.7. The summed E-state index contributed by atoms with van der Waals surface area (Å²) in [4.78, 5) is 1.27. The molecule has 0 aromatic heterocycles. The molecule has 3 aromatic carbocycles. The van der Waals surface area contributed by atoms with E-state index in [-0.39, 0.29) is 11.4 Å². The summed E-state index contributed by atoms with van der Waals surface area (Å²) >= 11 is 0. The zero-order valence-electron chi connectivity index (χ0n) is 21.1. The highest BCUT2D eigenvalue weighted by molar-refractivity contribution is 7.92. The fraction of sp³-hybridized carbons (Fsp3) is 0.308. The number of benzene rings is 3. The van der Waals surface area contributed by atoms with Crippen LogP contribution in [0.15, 0.2) is 65.6 Å². The van der Waals surface area contributed by atoms with E-state index < -0.39 is 56.0 Å². The number of sulfonamides is 1. The lowest BCUT2D eigenvalue weighted by Crippen LogP contribution is -2.23. The highest BCUT2D eigenvalue weighted by Crippen LogP contribution is 2.41. The maximum Gasteiger partial charge on any atom is 0.419 e. The molecule has 1 heterocycles. The van der Waals surface area contributed by atoms with Crippen molar-refractivity contribution in [3.8, 4) is 23.0 Å². The van der Waals surface area contributed by atoms with Crippen LogP contribution in [0.4, 0.5) is 32.0 Å². The second-order valence-electron chi connectivity index (χ2n) is 9.04. The van der Waals surface area contributed by atoms with Crippen LogP contribution in [-0.4, -0.2) is 46.7 Å². The van der Waals surface area contributed by atoms with Crippen LogP contribution < -0.4 is 18.9 Å². The molecular formula is C26H24F6N2O5S. The van der Waals surface area contributed by atoms with Crippen molar-refractivity contribution in [1.29, 1.82) is 0 Å². The first-order valence-corrected chi connectivity index (χ1v) is 13.3. The number of alkyl halides is 6. The van der Waals surface area contributed by atoms with Crippen molar-refractivity contribution < 1.29 is 49.0 Å². The third kappa shape index (κ3) is 6.91. The van der Waals surface area contributed by atoms with Crippen molar-refractivity contribution in [2.24, 2.45) is 0 Å². The van der Waals surface area contributed by atoms with Gasteiger partial charge in [0.15, 0.2) is 0 Å². The number of ether oxygens (including phenoxy) is 3. The van der Waals surface area contributed by atoms with Gasteiger partial charge in [-0.2, -0.15) is 26.3 Å². The van der Waals surface area contributed by atoms with Crippen LogP contribution in [0.2, 0.25) is 0 Å². The molecule has 1 fully saturated rings. The summed E-state index contributed by atoms with van der Waals surface area (Å²) in [7, 11) is -1.38. The number of nitrogens with one attached hydrogen (secondary N) is 1. The summed E-state index contributed by atoms with van der Waals surface area (Å²) in [6, 6.07) is 9.99. The molecule has 1 N–H and O–H groups in total. The predicted octanol–water partition coefficient (Wildman–Crippen LogP) is 6.41. The molecule has 0 amide bonds. The van der Waals surface area contributed by atoms with Gasteiger partial charge in [-0.15, -0.1) is 0 Å². The van der Waals surface area contributed by atoms with E-state index in [9.17, 15) is 34.8 Å². The zero-order valence-corrected chi connectivity index (χ0v) is 22.0. The average Bonchev–Trinajstić information content (AvgIpc) is 3.27. The Morgan fingerprint density at radius 1 is 0.850 bits per heavy atom. The first kappa shape index (κ1) is 29.3. The van der Waals surface area contributed by atoms with Gasteiger partial charge in [0.2, 0.25) is 0 Å². The molecule has 0 unspecified atom stereocenters. The lowest BCUT2D eigenvalue weighted by atomic mass is 10.1. The topological polar surface area (TPSA) is 77.1 Å². The molecule has 7 nitrogen and oxygen atoms in total. The molecule has 40 heavy (non-hydrogen) atoms. The fourth-order valence-electron chi connectivity index (χ4n) is 4.06. The van der Waals surface area contributed by atoms with E-state index in [2.05, 4.69) is 4.72 Å². The average molecular weight is 591 g/mol. The predicted molar refractivity (Wildman–Crippen MR) is 133 cm³/mol. The van der Waals surface area contributed by atoms with Gasteiger partial charge in [-0.1, -0.05) is 0 Å². The Morgan fingerprint density at radius 2 is 1.45 bits per heavy atom. The van der Waals surface area contributed by atoms with E-state index in [1.165, 1.54) is 31.4 Å². The molecule has 0 aliphatic carbocycles. The summed E-state index contributed by atoms with van der Waals surface area (Å²) in [5, 5.41) is 0. The van der Waals surface area contributed by atoms with Gasteiger partial charge < -0.3 is 19.1 Å². The molecule has 3 aromatic rings. The van der Waals surface area contributed by atoms with E-state index in [1.807, 2.05) is 4.90 Å². The van der Waals surface area contributed by atoms with Gasteiger partial charge in [0, 0.05) is 25.2 Å². The van der Waals surface area contributed by atoms with Crippen molar-refractivity contribution in [3.63, 3.8) is 0 Å². The van der Waals surface area contributed by atoms with Crippen LogP contribution in [0, 0.1) is 0 Å². The lowest BCUT2D eigenvalue weighted by molar-refractivity contribution is -0.139. The molecule has 0 saturated carbocycles. The highest BCUT2D eigenvalue weighted by atomic mass is 32.2. The van der Waals surface area contributed by atoms with Crippen LogP contribution in [0.3, 0.4) is 0 Å². The SMILES string of the molecule is COc1ccc(Oc2cc(S(=O)(=O)Nc3ccc(C(F)(F)F)c(O[C@@H]4CCN(C)C4)c3)ccc2C(F)(F)F)cc1. The van der Waals surface area contributed by atoms with Gasteiger partial charge in [0.05, 0.1) is 28.8 Å². The molecule has 14 heteroatoms. The Morgan fingerprint density at radius 3 is 2.02 bits per heavy atom. The number of methoxy groups -OCH3 is 1. The van der Waals surface area contributed by atoms with Crippen molar-refractivity contribution in [3.05, 3.63) is 71.8 Å². The molecule has 1 saturated heterocycles. The maximum absolute atomic E-state index is 13.6. The number of anilines is 1. The van der Waals surface area contributed by atoms with E-state index in [0.717, 1.165) is 18.2 Å². The molecular weight excluding hydrogens is 566 g/mol. The van der Waals surface area contributed by atoms with Gasteiger partial charge in [-0.25, -0.2) is 8.42 Å². The first-order valence-electron chi connectivity index (χ1n) is 11.8. The highest BCUT2D eigenvalue weighted by Gasteiger charge is 2.37. The minimum atomic E-state index is -4.87. The molecule has 1 aliphatic rings. The second kappa shape index (κ2) is 11.1. The Hall–Kier alpha value is -3.65. The van der Waals surface area contributed by atoms with Crippen LogP contribution in [0.1, 0.15) is 17.5 Å². The van der Waals surface area contributed by atoms with Crippen molar-refractivity contribution in [2.45, 2.75) is 29.8 Å². The Kier molecular flexibility index (Phi) is 8.13. The number of likely N-dealkylation sites (tertiary alicyclic amines) is 1. The Balaban J connectivity index is 1.65. The number of nitrogens with zero attached hydrogens (tertiary/aromatic N) is 1. The number of hydrogen-bond acceptors (Lipinski definition) is 6. The number of hydrogen-bond donors (Lipinski definition) is 1. The van der Waals surface area contributed by atoms with E-state index in [0.29, 0.717) is 43.5 Å². The quantitative estimate of drug-likeness (QED) is 0.306. The van der Waals surface area contributed by atoms with Crippen molar-refractivity contribution in [2.75, 3.05) is 32.0 Å². The van der Waals surface area contributed by atoms with Gasteiger partial charge >= 0.3 is 12.4 Å². The van der Waals surface area contributed by atoms with Gasteiger partial charge in [0.1, 0.15) is 29.1 Å². The smallest absolute Gasteiger partial charge is 0.419 e. The Bertz CT molecular complexity index is 1460. The van der Waals surface area contributed by atoms with Crippen molar-refractivity contribution in [1.82, 2.24) is 4.90 Å². The third-order valence-electron chi connectivity index (χ3n) is 6.04. The minimum Gasteiger partial charge on any atom is -0.497 e. The molecule has 0 spiro atoms. The van der Waals surface area contributed by atoms with Crippen LogP contribution in [0.5, 0.6) is 23.0 Å². The van der Waals surface area contributed by atoms with Gasteiger partial charge in [-0.3, -0.25) is 4.72 Å². The number of likely N-dealkylation sites (N-methyl/N-ethyl adjacent to an activating group) is 1. The Labute approximate surface area is 226 Å². The summed E-state index contributed by atoms with van der Waals surface area (Å²) in [5.74, 6) is -0.953. The molecule has 1 atom stereocenters. The standard InChI is InChI=1S/C26H24F6N2O5S/c1-34-12-11-19(15-34)39-23-13-16(3-9-21(23)25(27,28)29)33-40(35,36)20-8-10-22(26(30,31)32)24(14-20)38-18-6-4-17(37-2)5-7-18/h3-10,13-14,19,33H,11-12,15H2,1-2H3/t19-/m1/s1. The summed E-state index contributed by atoms with van der Waals surface area (Å²) in [6.45, 7) is 1.00. The molecule has 1 aliphatic heterocycles. The zero-order chi connectivity index (χ0) is 29.3. The maximum atomic E-state index is 13.6. The third-order valence-corrected chi connectivity index (χ3v) is 7.42. The minimum absolute atomic E-state index is 0.0177. The van der Waals surface area contributed by atoms with Crippen LogP contribution in [-0.2, 0) is 22.4 Å². The number of halogens is 6. The number of rotatable bonds is 8.